The van der Waals surface area contributed by atoms with Crippen LogP contribution in [0, 0.1) is 0 Å². The Morgan fingerprint density at radius 1 is 1.37 bits per heavy atom. The fraction of sp³-hybridized carbons (Fsp3) is 0.385. The SMILES string of the molecule is Clc1ccc(SCc2noc(C3CCNC3)n2)cc1. The summed E-state index contributed by atoms with van der Waals surface area (Å²) in [5.41, 5.74) is 0. The predicted molar refractivity (Wildman–Crippen MR) is 75.5 cm³/mol. The van der Waals surface area contributed by atoms with Crippen LogP contribution in [-0.4, -0.2) is 23.2 Å². The third-order valence-electron chi connectivity index (χ3n) is 3.07. The summed E-state index contributed by atoms with van der Waals surface area (Å²) in [4.78, 5) is 5.61. The fourth-order valence-electron chi connectivity index (χ4n) is 2.04. The summed E-state index contributed by atoms with van der Waals surface area (Å²) in [5, 5.41) is 8.08. The molecule has 1 fully saturated rings. The van der Waals surface area contributed by atoms with E-state index in [9.17, 15) is 0 Å². The summed E-state index contributed by atoms with van der Waals surface area (Å²) in [6.45, 7) is 1.97. The second-order valence-corrected chi connectivity index (χ2v) is 5.97. The monoisotopic (exact) mass is 295 g/mol. The largest absolute Gasteiger partial charge is 0.339 e. The molecule has 1 aromatic carbocycles. The highest BCUT2D eigenvalue weighted by Gasteiger charge is 2.22. The second kappa shape index (κ2) is 5.94. The molecule has 0 spiro atoms. The van der Waals surface area contributed by atoms with E-state index in [2.05, 4.69) is 15.5 Å². The molecule has 1 N–H and O–H groups in total. The number of hydrogen-bond donors (Lipinski definition) is 1. The topological polar surface area (TPSA) is 51.0 Å². The number of aromatic nitrogens is 2. The minimum Gasteiger partial charge on any atom is -0.339 e. The molecule has 100 valence electrons. The lowest BCUT2D eigenvalue weighted by molar-refractivity contribution is 0.355. The highest BCUT2D eigenvalue weighted by molar-refractivity contribution is 7.98. The predicted octanol–water partition coefficient (Wildman–Crippen LogP) is 3.09. The van der Waals surface area contributed by atoms with E-state index in [1.54, 1.807) is 11.8 Å². The van der Waals surface area contributed by atoms with Crippen molar-refractivity contribution in [3.05, 3.63) is 41.0 Å². The van der Waals surface area contributed by atoms with E-state index < -0.39 is 0 Å². The minimum atomic E-state index is 0.377. The number of nitrogens with one attached hydrogen (secondary N) is 1. The van der Waals surface area contributed by atoms with Gasteiger partial charge in [0.25, 0.3) is 0 Å². The lowest BCUT2D eigenvalue weighted by atomic mass is 10.1. The molecule has 0 amide bonds. The Morgan fingerprint density at radius 3 is 2.95 bits per heavy atom. The first kappa shape index (κ1) is 13.0. The molecule has 1 aromatic heterocycles. The molecule has 0 radical (unpaired) electrons. The van der Waals surface area contributed by atoms with Crippen molar-refractivity contribution in [2.45, 2.75) is 23.0 Å². The van der Waals surface area contributed by atoms with E-state index in [4.69, 9.17) is 16.1 Å². The molecule has 0 bridgehead atoms. The van der Waals surface area contributed by atoms with Crippen molar-refractivity contribution in [1.82, 2.24) is 15.5 Å². The Bertz CT molecular complexity index is 537. The molecule has 1 aliphatic heterocycles. The third-order valence-corrected chi connectivity index (χ3v) is 4.33. The zero-order valence-electron chi connectivity index (χ0n) is 10.3. The fourth-order valence-corrected chi connectivity index (χ4v) is 2.90. The average Bonchev–Trinajstić information content (AvgIpc) is 3.09. The van der Waals surface area contributed by atoms with Crippen LogP contribution in [0.25, 0.3) is 0 Å². The van der Waals surface area contributed by atoms with Crippen LogP contribution >= 0.6 is 23.4 Å². The maximum Gasteiger partial charge on any atom is 0.231 e. The standard InChI is InChI=1S/C13H14ClN3OS/c14-10-1-3-11(4-2-10)19-8-12-16-13(18-17-12)9-5-6-15-7-9/h1-4,9,15H,5-8H2. The molecular weight excluding hydrogens is 282 g/mol. The van der Waals surface area contributed by atoms with Gasteiger partial charge in [-0.05, 0) is 37.2 Å². The highest BCUT2D eigenvalue weighted by atomic mass is 35.5. The summed E-state index contributed by atoms with van der Waals surface area (Å²) in [6.07, 6.45) is 1.08. The normalized spacial score (nSPS) is 18.9. The molecule has 2 heterocycles. The van der Waals surface area contributed by atoms with E-state index >= 15 is 0 Å². The summed E-state index contributed by atoms with van der Waals surface area (Å²) in [5.74, 6) is 2.60. The van der Waals surface area contributed by atoms with Gasteiger partial charge in [-0.15, -0.1) is 11.8 Å². The number of rotatable bonds is 4. The van der Waals surface area contributed by atoms with Gasteiger partial charge in [0.2, 0.25) is 5.89 Å². The summed E-state index contributed by atoms with van der Waals surface area (Å²) >= 11 is 7.53. The summed E-state index contributed by atoms with van der Waals surface area (Å²) < 4.78 is 5.32. The Hall–Kier alpha value is -1.04. The first-order valence-electron chi connectivity index (χ1n) is 6.23. The van der Waals surface area contributed by atoms with Gasteiger partial charge in [-0.25, -0.2) is 0 Å². The van der Waals surface area contributed by atoms with Gasteiger partial charge < -0.3 is 9.84 Å². The van der Waals surface area contributed by atoms with E-state index in [-0.39, 0.29) is 0 Å². The maximum atomic E-state index is 5.85. The molecule has 0 saturated carbocycles. The van der Waals surface area contributed by atoms with Crippen LogP contribution in [0.5, 0.6) is 0 Å². The molecule has 6 heteroatoms. The van der Waals surface area contributed by atoms with Crippen molar-refractivity contribution in [3.63, 3.8) is 0 Å². The smallest absolute Gasteiger partial charge is 0.231 e. The number of benzene rings is 1. The van der Waals surface area contributed by atoms with Gasteiger partial charge in [0.1, 0.15) is 0 Å². The maximum absolute atomic E-state index is 5.85. The molecule has 2 aromatic rings. The summed E-state index contributed by atoms with van der Waals surface area (Å²) in [6, 6.07) is 7.76. The van der Waals surface area contributed by atoms with Crippen LogP contribution < -0.4 is 5.32 Å². The molecule has 19 heavy (non-hydrogen) atoms. The zero-order valence-corrected chi connectivity index (χ0v) is 11.9. The first-order chi connectivity index (χ1) is 9.31. The van der Waals surface area contributed by atoms with Crippen molar-refractivity contribution in [1.29, 1.82) is 0 Å². The van der Waals surface area contributed by atoms with E-state index in [1.807, 2.05) is 24.3 Å². The average molecular weight is 296 g/mol. The Morgan fingerprint density at radius 2 is 2.21 bits per heavy atom. The molecule has 0 aliphatic carbocycles. The quantitative estimate of drug-likeness (QED) is 0.879. The van der Waals surface area contributed by atoms with Crippen molar-refractivity contribution in [3.8, 4) is 0 Å². The van der Waals surface area contributed by atoms with Crippen LogP contribution in [0.1, 0.15) is 24.1 Å². The van der Waals surface area contributed by atoms with E-state index in [1.165, 1.54) is 0 Å². The number of halogens is 1. The van der Waals surface area contributed by atoms with Crippen LogP contribution in [0.3, 0.4) is 0 Å². The highest BCUT2D eigenvalue weighted by Crippen LogP contribution is 2.25. The van der Waals surface area contributed by atoms with Gasteiger partial charge in [0, 0.05) is 16.5 Å². The molecular formula is C13H14ClN3OS. The lowest BCUT2D eigenvalue weighted by Crippen LogP contribution is -2.08. The molecule has 1 aliphatic rings. The number of thioether (sulfide) groups is 1. The molecule has 1 atom stereocenters. The van der Waals surface area contributed by atoms with Crippen LogP contribution in [0.15, 0.2) is 33.7 Å². The van der Waals surface area contributed by atoms with Crippen LogP contribution in [0.4, 0.5) is 0 Å². The number of nitrogens with zero attached hydrogens (tertiary/aromatic N) is 2. The molecule has 4 nitrogen and oxygen atoms in total. The number of hydrogen-bond acceptors (Lipinski definition) is 5. The van der Waals surface area contributed by atoms with Crippen molar-refractivity contribution < 1.29 is 4.52 Å². The van der Waals surface area contributed by atoms with E-state index in [0.29, 0.717) is 11.7 Å². The van der Waals surface area contributed by atoms with Crippen LogP contribution in [0.2, 0.25) is 5.02 Å². The Labute approximate surface area is 120 Å². The van der Waals surface area contributed by atoms with E-state index in [0.717, 1.165) is 41.1 Å². The third kappa shape index (κ3) is 3.29. The second-order valence-electron chi connectivity index (χ2n) is 4.48. The molecule has 3 rings (SSSR count). The van der Waals surface area contributed by atoms with Crippen molar-refractivity contribution >= 4 is 23.4 Å². The Balaban J connectivity index is 1.59. The van der Waals surface area contributed by atoms with Gasteiger partial charge in [-0.1, -0.05) is 16.8 Å². The summed E-state index contributed by atoms with van der Waals surface area (Å²) in [7, 11) is 0. The zero-order chi connectivity index (χ0) is 13.1. The van der Waals surface area contributed by atoms with Crippen molar-refractivity contribution in [2.75, 3.05) is 13.1 Å². The van der Waals surface area contributed by atoms with Gasteiger partial charge in [0.05, 0.1) is 11.7 Å². The van der Waals surface area contributed by atoms with Crippen LogP contribution in [-0.2, 0) is 5.75 Å². The van der Waals surface area contributed by atoms with Gasteiger partial charge in [0.15, 0.2) is 5.82 Å². The van der Waals surface area contributed by atoms with Gasteiger partial charge in [-0.3, -0.25) is 0 Å². The van der Waals surface area contributed by atoms with Gasteiger partial charge >= 0.3 is 0 Å². The first-order valence-corrected chi connectivity index (χ1v) is 7.59. The molecule has 1 unspecified atom stereocenters. The Kier molecular flexibility index (Phi) is 4.06. The molecule has 1 saturated heterocycles. The van der Waals surface area contributed by atoms with Crippen molar-refractivity contribution in [2.24, 2.45) is 0 Å². The minimum absolute atomic E-state index is 0.377. The lowest BCUT2D eigenvalue weighted by Gasteiger charge is -1.99. The van der Waals surface area contributed by atoms with Gasteiger partial charge in [-0.2, -0.15) is 4.98 Å².